The van der Waals surface area contributed by atoms with Gasteiger partial charge in [0.05, 0.1) is 6.42 Å². The highest BCUT2D eigenvalue weighted by atomic mass is 16.1. The fourth-order valence-electron chi connectivity index (χ4n) is 4.54. The van der Waals surface area contributed by atoms with Crippen molar-refractivity contribution in [2.45, 2.75) is 6.42 Å². The van der Waals surface area contributed by atoms with Crippen molar-refractivity contribution in [3.63, 3.8) is 0 Å². The van der Waals surface area contributed by atoms with Crippen LogP contribution in [-0.4, -0.2) is 11.6 Å². The smallest absolute Gasteiger partial charge is 0.171 e. The number of Topliss-reactive ketones (excluding diaryl/α,β-unsaturated/α-hetero) is 2. The Morgan fingerprint density at radius 3 is 1.60 bits per heavy atom. The van der Waals surface area contributed by atoms with E-state index in [-0.39, 0.29) is 18.0 Å². The van der Waals surface area contributed by atoms with Crippen molar-refractivity contribution in [1.29, 1.82) is 0 Å². The molecule has 0 saturated carbocycles. The van der Waals surface area contributed by atoms with E-state index in [9.17, 15) is 9.59 Å². The van der Waals surface area contributed by atoms with Gasteiger partial charge in [-0.1, -0.05) is 60.7 Å². The highest BCUT2D eigenvalue weighted by molar-refractivity contribution is 6.38. The summed E-state index contributed by atoms with van der Waals surface area (Å²) in [5.74, 6) is -0.142. The van der Waals surface area contributed by atoms with Crippen LogP contribution in [0.2, 0.25) is 0 Å². The molecule has 1 aliphatic rings. The predicted octanol–water partition coefficient (Wildman–Crippen LogP) is 5.51. The monoisotopic (exact) mass is 320 g/mol. The number of hydrogen-bond donors (Lipinski definition) is 0. The van der Waals surface area contributed by atoms with Crippen LogP contribution in [0, 0.1) is 0 Å². The molecule has 25 heavy (non-hydrogen) atoms. The van der Waals surface area contributed by atoms with Crippen LogP contribution in [0.15, 0.2) is 60.7 Å². The van der Waals surface area contributed by atoms with E-state index >= 15 is 0 Å². The standard InChI is InChI=1S/C23H12O2/c24-19-11-20(25)18-10-8-16-14-6-2-4-12-3-1-5-13(21(12)14)15-7-9-17(19)23(18)22(15)16/h1-10H,11H2. The Morgan fingerprint density at radius 2 is 1.04 bits per heavy atom. The molecule has 0 saturated heterocycles. The molecule has 0 unspecified atom stereocenters. The molecule has 6 rings (SSSR count). The lowest BCUT2D eigenvalue weighted by atomic mass is 9.81. The topological polar surface area (TPSA) is 34.1 Å². The number of fused-ring (bicyclic) bond motifs is 2. The molecule has 2 heteroatoms. The molecule has 5 aromatic carbocycles. The van der Waals surface area contributed by atoms with Gasteiger partial charge in [0.1, 0.15) is 0 Å². The summed E-state index contributed by atoms with van der Waals surface area (Å²) in [6.07, 6.45) is -0.0209. The van der Waals surface area contributed by atoms with Gasteiger partial charge in [-0.25, -0.2) is 0 Å². The largest absolute Gasteiger partial charge is 0.294 e. The number of benzene rings is 5. The van der Waals surface area contributed by atoms with E-state index in [1.165, 1.54) is 21.5 Å². The van der Waals surface area contributed by atoms with Crippen LogP contribution in [0.3, 0.4) is 0 Å². The molecule has 0 aliphatic heterocycles. The van der Waals surface area contributed by atoms with Gasteiger partial charge in [-0.05, 0) is 37.7 Å². The van der Waals surface area contributed by atoms with Crippen LogP contribution in [0.1, 0.15) is 27.1 Å². The average Bonchev–Trinajstić information content (AvgIpc) is 2.64. The van der Waals surface area contributed by atoms with Gasteiger partial charge >= 0.3 is 0 Å². The van der Waals surface area contributed by atoms with Crippen molar-refractivity contribution in [3.8, 4) is 0 Å². The quantitative estimate of drug-likeness (QED) is 0.214. The van der Waals surface area contributed by atoms with E-state index in [1.54, 1.807) is 0 Å². The molecule has 0 heterocycles. The highest BCUT2D eigenvalue weighted by Crippen LogP contribution is 2.43. The van der Waals surface area contributed by atoms with E-state index < -0.39 is 0 Å². The predicted molar refractivity (Wildman–Crippen MR) is 101 cm³/mol. The Morgan fingerprint density at radius 1 is 0.520 bits per heavy atom. The molecule has 0 aromatic heterocycles. The Bertz CT molecular complexity index is 1290. The molecule has 0 N–H and O–H groups in total. The van der Waals surface area contributed by atoms with Gasteiger partial charge in [0.15, 0.2) is 11.6 Å². The van der Waals surface area contributed by atoms with Gasteiger partial charge in [0.25, 0.3) is 0 Å². The number of carbonyl (C=O) groups excluding carboxylic acids is 2. The van der Waals surface area contributed by atoms with Gasteiger partial charge < -0.3 is 0 Å². The average molecular weight is 320 g/mol. The summed E-state index contributed by atoms with van der Waals surface area (Å²) < 4.78 is 0. The van der Waals surface area contributed by atoms with Gasteiger partial charge in [-0.3, -0.25) is 9.59 Å². The summed E-state index contributed by atoms with van der Waals surface area (Å²) in [5.41, 5.74) is 1.36. The summed E-state index contributed by atoms with van der Waals surface area (Å²) in [7, 11) is 0. The normalized spacial score (nSPS) is 14.4. The second-order valence-corrected chi connectivity index (χ2v) is 6.80. The summed E-state index contributed by atoms with van der Waals surface area (Å²) in [5, 5.41) is 8.91. The van der Waals surface area contributed by atoms with Gasteiger partial charge in [-0.2, -0.15) is 0 Å². The second kappa shape index (κ2) is 4.22. The lowest BCUT2D eigenvalue weighted by Crippen LogP contribution is -2.16. The first kappa shape index (κ1) is 13.1. The minimum absolute atomic E-state index is 0.0209. The van der Waals surface area contributed by atoms with Crippen molar-refractivity contribution in [1.82, 2.24) is 0 Å². The summed E-state index contributed by atoms with van der Waals surface area (Å²) in [4.78, 5) is 24.9. The maximum absolute atomic E-state index is 12.4. The van der Waals surface area contributed by atoms with Gasteiger partial charge in [0.2, 0.25) is 0 Å². The third kappa shape index (κ3) is 1.46. The van der Waals surface area contributed by atoms with Crippen molar-refractivity contribution in [2.24, 2.45) is 0 Å². The van der Waals surface area contributed by atoms with Crippen LogP contribution < -0.4 is 0 Å². The first-order chi connectivity index (χ1) is 12.2. The molecule has 0 spiro atoms. The molecule has 5 aromatic rings. The summed E-state index contributed by atoms with van der Waals surface area (Å²) in [6, 6.07) is 20.5. The maximum atomic E-state index is 12.4. The lowest BCUT2D eigenvalue weighted by Gasteiger charge is -2.20. The molecular formula is C23H12O2. The first-order valence-corrected chi connectivity index (χ1v) is 8.42. The van der Waals surface area contributed by atoms with E-state index in [0.29, 0.717) is 11.1 Å². The van der Waals surface area contributed by atoms with Crippen LogP contribution in [0.25, 0.3) is 43.1 Å². The van der Waals surface area contributed by atoms with E-state index in [1.807, 2.05) is 24.3 Å². The van der Waals surface area contributed by atoms with Crippen molar-refractivity contribution in [3.05, 3.63) is 71.8 Å². The second-order valence-electron chi connectivity index (χ2n) is 6.80. The Hall–Kier alpha value is -3.26. The van der Waals surface area contributed by atoms with E-state index in [2.05, 4.69) is 36.4 Å². The van der Waals surface area contributed by atoms with Crippen molar-refractivity contribution >= 4 is 54.7 Å². The molecule has 2 nitrogen and oxygen atoms in total. The third-order valence-electron chi connectivity index (χ3n) is 5.57. The Balaban J connectivity index is 2.04. The first-order valence-electron chi connectivity index (χ1n) is 8.42. The summed E-state index contributed by atoms with van der Waals surface area (Å²) >= 11 is 0. The zero-order chi connectivity index (χ0) is 16.7. The maximum Gasteiger partial charge on any atom is 0.171 e. The molecule has 116 valence electrons. The molecule has 0 bridgehead atoms. The Labute approximate surface area is 143 Å². The van der Waals surface area contributed by atoms with E-state index in [4.69, 9.17) is 0 Å². The van der Waals surface area contributed by atoms with Gasteiger partial charge in [-0.15, -0.1) is 0 Å². The molecule has 0 radical (unpaired) electrons. The van der Waals surface area contributed by atoms with Crippen LogP contribution >= 0.6 is 0 Å². The zero-order valence-corrected chi connectivity index (χ0v) is 13.3. The third-order valence-corrected chi connectivity index (χ3v) is 5.57. The van der Waals surface area contributed by atoms with Gasteiger partial charge in [0, 0.05) is 16.5 Å². The molecule has 0 fully saturated rings. The van der Waals surface area contributed by atoms with Crippen LogP contribution in [-0.2, 0) is 0 Å². The number of ketones is 2. The fourth-order valence-corrected chi connectivity index (χ4v) is 4.54. The Kier molecular flexibility index (Phi) is 2.21. The van der Waals surface area contributed by atoms with Crippen LogP contribution in [0.4, 0.5) is 0 Å². The zero-order valence-electron chi connectivity index (χ0n) is 13.3. The molecular weight excluding hydrogens is 308 g/mol. The SMILES string of the molecule is O=C1CC(=O)c2ccc3c4cccc5cccc(c6ccc1c2c63)c54. The number of rotatable bonds is 0. The number of hydrogen-bond acceptors (Lipinski definition) is 2. The van der Waals surface area contributed by atoms with Crippen LogP contribution in [0.5, 0.6) is 0 Å². The fraction of sp³-hybridized carbons (Fsp3) is 0.0435. The highest BCUT2D eigenvalue weighted by Gasteiger charge is 2.27. The minimum atomic E-state index is -0.0710. The lowest BCUT2D eigenvalue weighted by molar-refractivity contribution is 0.0890. The van der Waals surface area contributed by atoms with Crippen molar-refractivity contribution < 1.29 is 9.59 Å². The van der Waals surface area contributed by atoms with Crippen molar-refractivity contribution in [2.75, 3.05) is 0 Å². The minimum Gasteiger partial charge on any atom is -0.294 e. The van der Waals surface area contributed by atoms with E-state index in [0.717, 1.165) is 21.5 Å². The molecule has 0 amide bonds. The molecule has 1 aliphatic carbocycles. The number of carbonyl (C=O) groups is 2. The summed E-state index contributed by atoms with van der Waals surface area (Å²) in [6.45, 7) is 0. The molecule has 0 atom stereocenters.